The molecule has 3 N–H and O–H groups in total. The van der Waals surface area contributed by atoms with Crippen LogP contribution in [0.3, 0.4) is 0 Å². The van der Waals surface area contributed by atoms with Gasteiger partial charge in [-0.15, -0.1) is 0 Å². The van der Waals surface area contributed by atoms with Crippen molar-refractivity contribution in [3.63, 3.8) is 0 Å². The Hall–Kier alpha value is -1.67. The van der Waals surface area contributed by atoms with Crippen LogP contribution in [0.15, 0.2) is 54.9 Å². The molecule has 0 fully saturated rings. The zero-order valence-corrected chi connectivity index (χ0v) is 7.93. The van der Waals surface area contributed by atoms with Crippen molar-refractivity contribution in [2.75, 3.05) is 0 Å². The first-order valence-corrected chi connectivity index (χ1v) is 4.66. The van der Waals surface area contributed by atoms with Gasteiger partial charge in [0.1, 0.15) is 6.04 Å². The molecule has 0 aliphatic heterocycles. The molecule has 0 aliphatic rings. The third kappa shape index (κ3) is 1.80. The number of quaternary nitrogens is 1. The van der Waals surface area contributed by atoms with Crippen LogP contribution in [0, 0.1) is 0 Å². The lowest BCUT2D eigenvalue weighted by Gasteiger charge is -2.07. The van der Waals surface area contributed by atoms with Crippen molar-refractivity contribution in [3.8, 4) is 0 Å². The van der Waals surface area contributed by atoms with Gasteiger partial charge >= 0.3 is 0 Å². The fraction of sp³-hybridized carbons (Fsp3) is 0.0833. The molecule has 2 rings (SSSR count). The van der Waals surface area contributed by atoms with Gasteiger partial charge in [0.2, 0.25) is 0 Å². The van der Waals surface area contributed by atoms with Crippen molar-refractivity contribution in [1.29, 1.82) is 0 Å². The lowest BCUT2D eigenvalue weighted by Crippen LogP contribution is -2.54. The van der Waals surface area contributed by atoms with E-state index in [9.17, 15) is 0 Å². The molecular formula is C12H13N2+. The van der Waals surface area contributed by atoms with Crippen molar-refractivity contribution in [2.45, 2.75) is 6.04 Å². The SMILES string of the molecule is [NH3+][C@H](c1ccccc1)c1cccnc1. The molecule has 1 aromatic carbocycles. The molecule has 0 saturated heterocycles. The summed E-state index contributed by atoms with van der Waals surface area (Å²) in [6, 6.07) is 14.4. The average Bonchev–Trinajstić information content (AvgIpc) is 2.30. The van der Waals surface area contributed by atoms with Crippen molar-refractivity contribution in [2.24, 2.45) is 0 Å². The highest BCUT2D eigenvalue weighted by atomic mass is 14.7. The fourth-order valence-electron chi connectivity index (χ4n) is 1.46. The summed E-state index contributed by atoms with van der Waals surface area (Å²) >= 11 is 0. The highest BCUT2D eigenvalue weighted by Crippen LogP contribution is 2.15. The number of hydrogen-bond donors (Lipinski definition) is 1. The minimum Gasteiger partial charge on any atom is -0.348 e. The number of pyridine rings is 1. The second-order valence-corrected chi connectivity index (χ2v) is 3.25. The molecule has 0 radical (unpaired) electrons. The van der Waals surface area contributed by atoms with Crippen molar-refractivity contribution >= 4 is 0 Å². The maximum Gasteiger partial charge on any atom is 0.137 e. The highest BCUT2D eigenvalue weighted by Gasteiger charge is 2.10. The third-order valence-electron chi connectivity index (χ3n) is 2.29. The summed E-state index contributed by atoms with van der Waals surface area (Å²) in [6.07, 6.45) is 3.64. The van der Waals surface area contributed by atoms with E-state index >= 15 is 0 Å². The minimum atomic E-state index is 0.171. The average molecular weight is 185 g/mol. The quantitative estimate of drug-likeness (QED) is 0.755. The molecule has 0 aliphatic carbocycles. The molecule has 0 spiro atoms. The molecule has 2 heteroatoms. The van der Waals surface area contributed by atoms with E-state index in [1.807, 2.05) is 30.5 Å². The first-order chi connectivity index (χ1) is 6.88. The smallest absolute Gasteiger partial charge is 0.137 e. The van der Waals surface area contributed by atoms with Gasteiger partial charge in [0, 0.05) is 23.5 Å². The number of nitrogens with zero attached hydrogens (tertiary/aromatic N) is 1. The maximum absolute atomic E-state index is 4.14. The number of rotatable bonds is 2. The van der Waals surface area contributed by atoms with Gasteiger partial charge < -0.3 is 5.73 Å². The Bertz CT molecular complexity index is 344. The Kier molecular flexibility index (Phi) is 2.56. The van der Waals surface area contributed by atoms with E-state index in [1.54, 1.807) is 6.20 Å². The van der Waals surface area contributed by atoms with Crippen LogP contribution < -0.4 is 5.73 Å². The normalized spacial score (nSPS) is 12.4. The van der Waals surface area contributed by atoms with Crippen LogP contribution in [0.2, 0.25) is 0 Å². The first kappa shape index (κ1) is 8.91. The predicted octanol–water partition coefficient (Wildman–Crippen LogP) is 1.41. The molecule has 1 aromatic heterocycles. The van der Waals surface area contributed by atoms with Crippen molar-refractivity contribution in [3.05, 3.63) is 66.0 Å². The fourth-order valence-corrected chi connectivity index (χ4v) is 1.46. The monoisotopic (exact) mass is 185 g/mol. The highest BCUT2D eigenvalue weighted by molar-refractivity contribution is 5.26. The summed E-state index contributed by atoms with van der Waals surface area (Å²) in [5.74, 6) is 0. The van der Waals surface area contributed by atoms with Gasteiger partial charge in [-0.1, -0.05) is 30.3 Å². The van der Waals surface area contributed by atoms with Gasteiger partial charge in [-0.3, -0.25) is 4.98 Å². The molecule has 0 unspecified atom stereocenters. The van der Waals surface area contributed by atoms with E-state index in [4.69, 9.17) is 0 Å². The maximum atomic E-state index is 4.14. The predicted molar refractivity (Wildman–Crippen MR) is 55.4 cm³/mol. The molecular weight excluding hydrogens is 172 g/mol. The van der Waals surface area contributed by atoms with Crippen LogP contribution in [-0.4, -0.2) is 4.98 Å². The summed E-state index contributed by atoms with van der Waals surface area (Å²) in [7, 11) is 0. The van der Waals surface area contributed by atoms with Gasteiger partial charge in [-0.25, -0.2) is 0 Å². The van der Waals surface area contributed by atoms with Crippen LogP contribution in [0.5, 0.6) is 0 Å². The Morgan fingerprint density at radius 1 is 0.929 bits per heavy atom. The van der Waals surface area contributed by atoms with E-state index < -0.39 is 0 Å². The summed E-state index contributed by atoms with van der Waals surface area (Å²) in [5, 5.41) is 0. The van der Waals surface area contributed by atoms with Crippen molar-refractivity contribution in [1.82, 2.24) is 4.98 Å². The van der Waals surface area contributed by atoms with E-state index in [0.717, 1.165) is 5.56 Å². The minimum absolute atomic E-state index is 0.171. The van der Waals surface area contributed by atoms with Crippen LogP contribution in [0.4, 0.5) is 0 Å². The molecule has 2 nitrogen and oxygen atoms in total. The van der Waals surface area contributed by atoms with Crippen molar-refractivity contribution < 1.29 is 5.73 Å². The van der Waals surface area contributed by atoms with Gasteiger partial charge in [0.05, 0.1) is 0 Å². The van der Waals surface area contributed by atoms with E-state index in [0.29, 0.717) is 0 Å². The molecule has 14 heavy (non-hydrogen) atoms. The number of aromatic nitrogens is 1. The molecule has 70 valence electrons. The Morgan fingerprint density at radius 2 is 1.64 bits per heavy atom. The number of hydrogen-bond acceptors (Lipinski definition) is 1. The van der Waals surface area contributed by atoms with Gasteiger partial charge in [0.15, 0.2) is 0 Å². The van der Waals surface area contributed by atoms with E-state index in [-0.39, 0.29) is 6.04 Å². The zero-order chi connectivity index (χ0) is 9.80. The van der Waals surface area contributed by atoms with Crippen LogP contribution in [0.1, 0.15) is 17.2 Å². The summed E-state index contributed by atoms with van der Waals surface area (Å²) in [6.45, 7) is 0. The van der Waals surface area contributed by atoms with Gasteiger partial charge in [-0.05, 0) is 12.1 Å². The molecule has 0 saturated carbocycles. The largest absolute Gasteiger partial charge is 0.348 e. The molecule has 0 amide bonds. The van der Waals surface area contributed by atoms with Gasteiger partial charge in [-0.2, -0.15) is 0 Å². The van der Waals surface area contributed by atoms with Crippen LogP contribution in [0.25, 0.3) is 0 Å². The zero-order valence-electron chi connectivity index (χ0n) is 7.93. The van der Waals surface area contributed by atoms with Crippen LogP contribution in [-0.2, 0) is 0 Å². The van der Waals surface area contributed by atoms with E-state index in [1.165, 1.54) is 5.56 Å². The summed E-state index contributed by atoms with van der Waals surface area (Å²) in [4.78, 5) is 4.09. The second-order valence-electron chi connectivity index (χ2n) is 3.25. The topological polar surface area (TPSA) is 40.5 Å². The number of benzene rings is 1. The Balaban J connectivity index is 2.30. The standard InChI is InChI=1S/C12H12N2/c13-12(10-5-2-1-3-6-10)11-7-4-8-14-9-11/h1-9,12H,13H2/p+1/t12-/m1/s1. The lowest BCUT2D eigenvalue weighted by molar-refractivity contribution is -0.411. The van der Waals surface area contributed by atoms with Crippen LogP contribution >= 0.6 is 0 Å². The summed E-state index contributed by atoms with van der Waals surface area (Å²) in [5.41, 5.74) is 6.51. The van der Waals surface area contributed by atoms with Gasteiger partial charge in [0.25, 0.3) is 0 Å². The second kappa shape index (κ2) is 4.03. The van der Waals surface area contributed by atoms with E-state index in [2.05, 4.69) is 28.9 Å². The molecule has 2 aromatic rings. The summed E-state index contributed by atoms with van der Waals surface area (Å²) < 4.78 is 0. The Morgan fingerprint density at radius 3 is 2.29 bits per heavy atom. The molecule has 0 bridgehead atoms. The lowest BCUT2D eigenvalue weighted by atomic mass is 10.0. The third-order valence-corrected chi connectivity index (χ3v) is 2.29. The Labute approximate surface area is 83.4 Å². The molecule has 1 heterocycles. The first-order valence-electron chi connectivity index (χ1n) is 4.66. The molecule has 1 atom stereocenters.